The van der Waals surface area contributed by atoms with Gasteiger partial charge in [0.25, 0.3) is 0 Å². The Labute approximate surface area is 94.2 Å². The average molecular weight is 243 g/mol. The van der Waals surface area contributed by atoms with Crippen molar-refractivity contribution in [1.82, 2.24) is 4.90 Å². The SMILES string of the molecule is CCCCOCCN(CCO)CC(F)(F)F. The van der Waals surface area contributed by atoms with Crippen LogP contribution in [0.1, 0.15) is 19.8 Å². The molecule has 0 bridgehead atoms. The monoisotopic (exact) mass is 243 g/mol. The van der Waals surface area contributed by atoms with Crippen LogP contribution in [0, 0.1) is 0 Å². The third-order valence-electron chi connectivity index (χ3n) is 2.01. The highest BCUT2D eigenvalue weighted by Gasteiger charge is 2.30. The number of halogens is 3. The summed E-state index contributed by atoms with van der Waals surface area (Å²) < 4.78 is 41.5. The lowest BCUT2D eigenvalue weighted by atomic mass is 10.4. The molecule has 0 aromatic heterocycles. The minimum atomic E-state index is -4.22. The molecule has 0 fully saturated rings. The summed E-state index contributed by atoms with van der Waals surface area (Å²) in [6.45, 7) is 1.83. The summed E-state index contributed by atoms with van der Waals surface area (Å²) in [5, 5.41) is 8.62. The Morgan fingerprint density at radius 2 is 1.88 bits per heavy atom. The Bertz CT molecular complexity index is 165. The molecule has 6 heteroatoms. The highest BCUT2D eigenvalue weighted by molar-refractivity contribution is 4.62. The van der Waals surface area contributed by atoms with E-state index in [0.29, 0.717) is 6.61 Å². The van der Waals surface area contributed by atoms with Crippen LogP contribution in [-0.2, 0) is 4.74 Å². The van der Waals surface area contributed by atoms with E-state index >= 15 is 0 Å². The van der Waals surface area contributed by atoms with E-state index < -0.39 is 12.7 Å². The Morgan fingerprint density at radius 1 is 1.19 bits per heavy atom. The molecule has 0 aromatic rings. The van der Waals surface area contributed by atoms with Crippen LogP contribution in [0.2, 0.25) is 0 Å². The number of hydrogen-bond donors (Lipinski definition) is 1. The molecular weight excluding hydrogens is 223 g/mol. The van der Waals surface area contributed by atoms with Gasteiger partial charge in [0, 0.05) is 19.7 Å². The molecule has 1 N–H and O–H groups in total. The van der Waals surface area contributed by atoms with Gasteiger partial charge in [-0.2, -0.15) is 13.2 Å². The van der Waals surface area contributed by atoms with Gasteiger partial charge in [-0.05, 0) is 6.42 Å². The molecule has 3 nitrogen and oxygen atoms in total. The highest BCUT2D eigenvalue weighted by atomic mass is 19.4. The lowest BCUT2D eigenvalue weighted by Crippen LogP contribution is -2.38. The molecule has 0 saturated heterocycles. The van der Waals surface area contributed by atoms with Gasteiger partial charge in [0.2, 0.25) is 0 Å². The van der Waals surface area contributed by atoms with E-state index in [-0.39, 0.29) is 26.3 Å². The van der Waals surface area contributed by atoms with Crippen LogP contribution >= 0.6 is 0 Å². The average Bonchev–Trinajstić information content (AvgIpc) is 2.15. The maximum absolute atomic E-state index is 12.1. The Kier molecular flexibility index (Phi) is 8.60. The molecule has 0 amide bonds. The largest absolute Gasteiger partial charge is 0.401 e. The maximum Gasteiger partial charge on any atom is 0.401 e. The summed E-state index contributed by atoms with van der Waals surface area (Å²) in [4.78, 5) is 1.14. The Hall–Kier alpha value is -0.330. The fourth-order valence-corrected chi connectivity index (χ4v) is 1.21. The molecule has 0 unspecified atom stereocenters. The van der Waals surface area contributed by atoms with Crippen molar-refractivity contribution in [2.75, 3.05) is 39.5 Å². The summed E-state index contributed by atoms with van der Waals surface area (Å²) >= 11 is 0. The number of nitrogens with zero attached hydrogens (tertiary/aromatic N) is 1. The van der Waals surface area contributed by atoms with Crippen molar-refractivity contribution in [3.05, 3.63) is 0 Å². The van der Waals surface area contributed by atoms with Crippen LogP contribution in [0.25, 0.3) is 0 Å². The van der Waals surface area contributed by atoms with Crippen molar-refractivity contribution in [2.24, 2.45) is 0 Å². The van der Waals surface area contributed by atoms with E-state index in [2.05, 4.69) is 0 Å². The van der Waals surface area contributed by atoms with Gasteiger partial charge in [-0.3, -0.25) is 4.90 Å². The predicted molar refractivity (Wildman–Crippen MR) is 55.3 cm³/mol. The van der Waals surface area contributed by atoms with Gasteiger partial charge in [-0.15, -0.1) is 0 Å². The zero-order valence-corrected chi connectivity index (χ0v) is 9.59. The number of ether oxygens (including phenoxy) is 1. The first-order chi connectivity index (χ1) is 7.49. The Balaban J connectivity index is 3.68. The Morgan fingerprint density at radius 3 is 2.38 bits per heavy atom. The highest BCUT2D eigenvalue weighted by Crippen LogP contribution is 2.15. The van der Waals surface area contributed by atoms with Crippen LogP contribution in [0.15, 0.2) is 0 Å². The van der Waals surface area contributed by atoms with Crippen molar-refractivity contribution in [1.29, 1.82) is 0 Å². The van der Waals surface area contributed by atoms with Crippen LogP contribution in [-0.4, -0.2) is 55.6 Å². The van der Waals surface area contributed by atoms with Gasteiger partial charge in [0.15, 0.2) is 0 Å². The molecule has 0 aliphatic rings. The van der Waals surface area contributed by atoms with E-state index in [1.54, 1.807) is 0 Å². The van der Waals surface area contributed by atoms with Gasteiger partial charge in [0.05, 0.1) is 19.8 Å². The molecule has 0 spiro atoms. The number of alkyl halides is 3. The van der Waals surface area contributed by atoms with Crippen molar-refractivity contribution in [3.8, 4) is 0 Å². The minimum Gasteiger partial charge on any atom is -0.395 e. The smallest absolute Gasteiger partial charge is 0.395 e. The van der Waals surface area contributed by atoms with Gasteiger partial charge in [0.1, 0.15) is 0 Å². The number of unbranched alkanes of at least 4 members (excludes halogenated alkanes) is 1. The zero-order chi connectivity index (χ0) is 12.4. The second kappa shape index (κ2) is 8.78. The molecule has 0 atom stereocenters. The number of aliphatic hydroxyl groups is 1. The number of aliphatic hydroxyl groups excluding tert-OH is 1. The second-order valence-electron chi connectivity index (χ2n) is 3.58. The van der Waals surface area contributed by atoms with Crippen molar-refractivity contribution < 1.29 is 23.0 Å². The normalized spacial score (nSPS) is 12.4. The van der Waals surface area contributed by atoms with Crippen LogP contribution in [0.3, 0.4) is 0 Å². The van der Waals surface area contributed by atoms with E-state index in [1.165, 1.54) is 0 Å². The van der Waals surface area contributed by atoms with E-state index in [4.69, 9.17) is 9.84 Å². The molecule has 98 valence electrons. The van der Waals surface area contributed by atoms with Crippen molar-refractivity contribution in [3.63, 3.8) is 0 Å². The third-order valence-corrected chi connectivity index (χ3v) is 2.01. The third kappa shape index (κ3) is 10.2. The van der Waals surface area contributed by atoms with Crippen LogP contribution in [0.4, 0.5) is 13.2 Å². The molecule has 0 rings (SSSR count). The molecule has 0 aliphatic carbocycles. The van der Waals surface area contributed by atoms with Gasteiger partial charge < -0.3 is 9.84 Å². The topological polar surface area (TPSA) is 32.7 Å². The predicted octanol–water partition coefficient (Wildman–Crippen LogP) is 1.66. The summed E-state index contributed by atoms with van der Waals surface area (Å²) in [5.41, 5.74) is 0. The standard InChI is InChI=1S/C10H20F3NO2/c1-2-3-7-16-8-5-14(4-6-15)9-10(11,12)13/h15H,2-9H2,1H3. The molecule has 16 heavy (non-hydrogen) atoms. The molecule has 0 aliphatic heterocycles. The summed E-state index contributed by atoms with van der Waals surface area (Å²) in [7, 11) is 0. The fourth-order valence-electron chi connectivity index (χ4n) is 1.21. The summed E-state index contributed by atoms with van der Waals surface area (Å²) in [5.74, 6) is 0. The quantitative estimate of drug-likeness (QED) is 0.625. The van der Waals surface area contributed by atoms with E-state index in [9.17, 15) is 13.2 Å². The first-order valence-electron chi connectivity index (χ1n) is 5.47. The lowest BCUT2D eigenvalue weighted by Gasteiger charge is -2.22. The molecular formula is C10H20F3NO2. The van der Waals surface area contributed by atoms with Crippen molar-refractivity contribution >= 4 is 0 Å². The fraction of sp³-hybridized carbons (Fsp3) is 1.00. The maximum atomic E-state index is 12.1. The van der Waals surface area contributed by atoms with Gasteiger partial charge in [-0.25, -0.2) is 0 Å². The first kappa shape index (κ1) is 15.7. The molecule has 0 radical (unpaired) electrons. The number of rotatable bonds is 9. The summed E-state index contributed by atoms with van der Waals surface area (Å²) in [6.07, 6.45) is -2.30. The van der Waals surface area contributed by atoms with Gasteiger partial charge in [-0.1, -0.05) is 13.3 Å². The number of hydrogen-bond acceptors (Lipinski definition) is 3. The van der Waals surface area contributed by atoms with E-state index in [0.717, 1.165) is 17.7 Å². The first-order valence-corrected chi connectivity index (χ1v) is 5.47. The second-order valence-corrected chi connectivity index (χ2v) is 3.58. The van der Waals surface area contributed by atoms with Crippen LogP contribution < -0.4 is 0 Å². The summed E-state index contributed by atoms with van der Waals surface area (Å²) in [6, 6.07) is 0. The molecule has 0 aromatic carbocycles. The van der Waals surface area contributed by atoms with Gasteiger partial charge >= 0.3 is 6.18 Å². The van der Waals surface area contributed by atoms with Crippen molar-refractivity contribution in [2.45, 2.75) is 25.9 Å². The minimum absolute atomic E-state index is 0.0245. The van der Waals surface area contributed by atoms with E-state index in [1.807, 2.05) is 6.92 Å². The molecule has 0 saturated carbocycles. The van der Waals surface area contributed by atoms with Crippen LogP contribution in [0.5, 0.6) is 0 Å². The molecule has 0 heterocycles. The zero-order valence-electron chi connectivity index (χ0n) is 9.59. The lowest BCUT2D eigenvalue weighted by molar-refractivity contribution is -0.148.